The van der Waals surface area contributed by atoms with E-state index in [0.717, 1.165) is 30.6 Å². The number of likely N-dealkylation sites (tertiary alicyclic amines) is 1. The first kappa shape index (κ1) is 16.2. The largest absolute Gasteiger partial charge is 0.336 e. The Morgan fingerprint density at radius 2 is 2.00 bits per heavy atom. The van der Waals surface area contributed by atoms with Gasteiger partial charge in [0, 0.05) is 37.9 Å². The molecule has 2 N–H and O–H groups in total. The van der Waals surface area contributed by atoms with Crippen LogP contribution in [0.3, 0.4) is 0 Å². The number of piperidine rings is 1. The lowest BCUT2D eigenvalue weighted by Crippen LogP contribution is -2.48. The highest BCUT2D eigenvalue weighted by atomic mass is 16.2. The minimum Gasteiger partial charge on any atom is -0.336 e. The molecule has 2 saturated heterocycles. The van der Waals surface area contributed by atoms with Gasteiger partial charge < -0.3 is 20.4 Å². The van der Waals surface area contributed by atoms with Gasteiger partial charge in [-0.1, -0.05) is 24.6 Å². The summed E-state index contributed by atoms with van der Waals surface area (Å²) in [7, 11) is 0. The predicted octanol–water partition coefficient (Wildman–Crippen LogP) is 3.01. The van der Waals surface area contributed by atoms with E-state index in [2.05, 4.69) is 10.6 Å². The van der Waals surface area contributed by atoms with Crippen molar-refractivity contribution in [3.8, 4) is 0 Å². The molecule has 1 aliphatic carbocycles. The van der Waals surface area contributed by atoms with Gasteiger partial charge in [0.05, 0.1) is 0 Å². The van der Waals surface area contributed by atoms with Crippen molar-refractivity contribution in [2.45, 2.75) is 44.7 Å². The zero-order valence-electron chi connectivity index (χ0n) is 14.5. The zero-order chi connectivity index (χ0) is 17.2. The van der Waals surface area contributed by atoms with Crippen LogP contribution in [0.5, 0.6) is 0 Å². The van der Waals surface area contributed by atoms with E-state index in [1.165, 1.54) is 19.3 Å². The highest BCUT2D eigenvalue weighted by Crippen LogP contribution is 2.37. The van der Waals surface area contributed by atoms with Gasteiger partial charge in [0.25, 0.3) is 0 Å². The van der Waals surface area contributed by atoms with Crippen LogP contribution < -0.4 is 10.6 Å². The standard InChI is InChI=1S/C19H26N4O2/c24-18-20-10-12-22(18)13-15-5-1-2-8-16(15)21-19(25)23-11-4-7-14-6-3-9-17(14)23/h1-2,5,8,14,17H,3-4,6-7,9-13H2,(H,20,24)(H,21,25)/t14-,17+/m0/s1. The fourth-order valence-corrected chi connectivity index (χ4v) is 4.54. The van der Waals surface area contributed by atoms with Crippen LogP contribution >= 0.6 is 0 Å². The molecule has 0 unspecified atom stereocenters. The molecule has 1 aromatic rings. The number of carbonyl (C=O) groups excluding carboxylic acids is 2. The summed E-state index contributed by atoms with van der Waals surface area (Å²) in [4.78, 5) is 28.5. The van der Waals surface area contributed by atoms with Gasteiger partial charge in [0.15, 0.2) is 0 Å². The molecule has 6 heteroatoms. The molecule has 0 spiro atoms. The third-order valence-corrected chi connectivity index (χ3v) is 5.82. The Morgan fingerprint density at radius 1 is 1.16 bits per heavy atom. The average molecular weight is 342 g/mol. The summed E-state index contributed by atoms with van der Waals surface area (Å²) in [6.07, 6.45) is 5.99. The zero-order valence-corrected chi connectivity index (χ0v) is 14.5. The lowest BCUT2D eigenvalue weighted by Gasteiger charge is -2.37. The number of carbonyl (C=O) groups is 2. The number of benzene rings is 1. The molecule has 1 saturated carbocycles. The summed E-state index contributed by atoms with van der Waals surface area (Å²) >= 11 is 0. The first-order valence-electron chi connectivity index (χ1n) is 9.40. The Labute approximate surface area is 148 Å². The van der Waals surface area contributed by atoms with Gasteiger partial charge in [0.1, 0.15) is 0 Å². The number of amides is 4. The number of hydrogen-bond acceptors (Lipinski definition) is 2. The first-order valence-corrected chi connectivity index (χ1v) is 9.40. The molecule has 3 aliphatic rings. The Bertz CT molecular complexity index is 663. The molecule has 6 nitrogen and oxygen atoms in total. The lowest BCUT2D eigenvalue weighted by atomic mass is 9.92. The molecule has 4 rings (SSSR count). The average Bonchev–Trinajstić information content (AvgIpc) is 3.25. The van der Waals surface area contributed by atoms with Crippen molar-refractivity contribution in [3.05, 3.63) is 29.8 Å². The third kappa shape index (κ3) is 3.30. The van der Waals surface area contributed by atoms with Crippen LogP contribution in [0.4, 0.5) is 15.3 Å². The van der Waals surface area contributed by atoms with Gasteiger partial charge >= 0.3 is 12.1 Å². The number of anilines is 1. The van der Waals surface area contributed by atoms with Gasteiger partial charge in [-0.05, 0) is 43.2 Å². The number of fused-ring (bicyclic) bond motifs is 1. The van der Waals surface area contributed by atoms with E-state index in [1.54, 1.807) is 4.90 Å². The van der Waals surface area contributed by atoms with Crippen LogP contribution in [0, 0.1) is 5.92 Å². The maximum atomic E-state index is 12.9. The van der Waals surface area contributed by atoms with Crippen LogP contribution in [0.15, 0.2) is 24.3 Å². The molecule has 134 valence electrons. The van der Waals surface area contributed by atoms with E-state index in [4.69, 9.17) is 0 Å². The van der Waals surface area contributed by atoms with E-state index in [-0.39, 0.29) is 12.1 Å². The number of nitrogens with one attached hydrogen (secondary N) is 2. The van der Waals surface area contributed by atoms with Crippen molar-refractivity contribution in [1.29, 1.82) is 0 Å². The molecule has 2 heterocycles. The van der Waals surface area contributed by atoms with Gasteiger partial charge in [-0.2, -0.15) is 0 Å². The Kier molecular flexibility index (Phi) is 4.51. The quantitative estimate of drug-likeness (QED) is 0.887. The number of para-hydroxylation sites is 1. The van der Waals surface area contributed by atoms with Gasteiger partial charge in [-0.15, -0.1) is 0 Å². The molecule has 2 aliphatic heterocycles. The number of urea groups is 2. The minimum absolute atomic E-state index is 0.00919. The molecule has 0 radical (unpaired) electrons. The van der Waals surface area contributed by atoms with Gasteiger partial charge in [0.2, 0.25) is 0 Å². The van der Waals surface area contributed by atoms with Crippen molar-refractivity contribution >= 4 is 17.7 Å². The Morgan fingerprint density at radius 3 is 2.84 bits per heavy atom. The molecule has 0 bridgehead atoms. The Hall–Kier alpha value is -2.24. The van der Waals surface area contributed by atoms with Crippen molar-refractivity contribution in [2.75, 3.05) is 25.0 Å². The molecular formula is C19H26N4O2. The topological polar surface area (TPSA) is 64.7 Å². The van der Waals surface area contributed by atoms with E-state index in [9.17, 15) is 9.59 Å². The summed E-state index contributed by atoms with van der Waals surface area (Å²) < 4.78 is 0. The first-order chi connectivity index (χ1) is 12.2. The molecule has 1 aromatic carbocycles. The van der Waals surface area contributed by atoms with Crippen LogP contribution in [0.1, 0.15) is 37.7 Å². The molecule has 0 aromatic heterocycles. The van der Waals surface area contributed by atoms with Crippen LogP contribution in [0.25, 0.3) is 0 Å². The van der Waals surface area contributed by atoms with Crippen LogP contribution in [0.2, 0.25) is 0 Å². The second kappa shape index (κ2) is 6.94. The van der Waals surface area contributed by atoms with E-state index in [0.29, 0.717) is 31.6 Å². The summed E-state index contributed by atoms with van der Waals surface area (Å²) in [5, 5.41) is 5.93. The van der Waals surface area contributed by atoms with Crippen LogP contribution in [-0.4, -0.2) is 47.5 Å². The number of hydrogen-bond donors (Lipinski definition) is 2. The Balaban J connectivity index is 1.46. The SMILES string of the molecule is O=C1NCCN1Cc1ccccc1NC(=O)N1CCC[C@@H]2CCC[C@H]21. The number of nitrogens with zero attached hydrogens (tertiary/aromatic N) is 2. The van der Waals surface area contributed by atoms with E-state index >= 15 is 0 Å². The highest BCUT2D eigenvalue weighted by Gasteiger charge is 2.37. The smallest absolute Gasteiger partial charge is 0.322 e. The minimum atomic E-state index is -0.0362. The van der Waals surface area contributed by atoms with Crippen LogP contribution in [-0.2, 0) is 6.54 Å². The maximum absolute atomic E-state index is 12.9. The summed E-state index contributed by atoms with van der Waals surface area (Å²) in [5.41, 5.74) is 1.79. The molecule has 25 heavy (non-hydrogen) atoms. The predicted molar refractivity (Wildman–Crippen MR) is 96.3 cm³/mol. The second-order valence-corrected chi connectivity index (χ2v) is 7.33. The maximum Gasteiger partial charge on any atom is 0.322 e. The summed E-state index contributed by atoms with van der Waals surface area (Å²) in [6.45, 7) is 2.76. The van der Waals surface area contributed by atoms with Crippen molar-refractivity contribution in [3.63, 3.8) is 0 Å². The molecule has 3 fully saturated rings. The van der Waals surface area contributed by atoms with Gasteiger partial charge in [-0.25, -0.2) is 9.59 Å². The fourth-order valence-electron chi connectivity index (χ4n) is 4.54. The van der Waals surface area contributed by atoms with Gasteiger partial charge in [-0.3, -0.25) is 0 Å². The lowest BCUT2D eigenvalue weighted by molar-refractivity contribution is 0.138. The normalized spacial score (nSPS) is 25.7. The third-order valence-electron chi connectivity index (χ3n) is 5.82. The fraction of sp³-hybridized carbons (Fsp3) is 0.579. The van der Waals surface area contributed by atoms with Crippen molar-refractivity contribution in [1.82, 2.24) is 15.1 Å². The molecular weight excluding hydrogens is 316 g/mol. The monoisotopic (exact) mass is 342 g/mol. The highest BCUT2D eigenvalue weighted by molar-refractivity contribution is 5.90. The van der Waals surface area contributed by atoms with E-state index in [1.807, 2.05) is 29.2 Å². The molecule has 2 atom stereocenters. The van der Waals surface area contributed by atoms with Crippen molar-refractivity contribution in [2.24, 2.45) is 5.92 Å². The number of rotatable bonds is 3. The van der Waals surface area contributed by atoms with Crippen molar-refractivity contribution < 1.29 is 9.59 Å². The summed E-state index contributed by atoms with van der Waals surface area (Å²) in [6, 6.07) is 8.17. The second-order valence-electron chi connectivity index (χ2n) is 7.33. The van der Waals surface area contributed by atoms with E-state index < -0.39 is 0 Å². The molecule has 4 amide bonds. The summed E-state index contributed by atoms with van der Waals surface area (Å²) in [5.74, 6) is 0.683.